The molecule has 4 aromatic rings. The minimum atomic E-state index is -0.0571. The summed E-state index contributed by atoms with van der Waals surface area (Å²) >= 11 is 0. The first kappa shape index (κ1) is 19.1. The summed E-state index contributed by atoms with van der Waals surface area (Å²) < 4.78 is 12.6. The predicted octanol–water partition coefficient (Wildman–Crippen LogP) is 3.93. The number of hydrogen-bond acceptors (Lipinski definition) is 6. The van der Waals surface area contributed by atoms with Crippen LogP contribution in [0.2, 0.25) is 0 Å². The largest absolute Gasteiger partial charge is 0.497 e. The fourth-order valence-corrected chi connectivity index (χ4v) is 4.34. The number of carbonyl (C=O) groups excluding carboxylic acids is 1. The number of aromatic nitrogens is 3. The molecule has 2 aromatic heterocycles. The van der Waals surface area contributed by atoms with E-state index < -0.39 is 0 Å². The van der Waals surface area contributed by atoms with Crippen molar-refractivity contribution in [3.8, 4) is 17.2 Å². The van der Waals surface area contributed by atoms with Crippen LogP contribution in [0, 0.1) is 0 Å². The van der Waals surface area contributed by atoms with Gasteiger partial charge in [-0.1, -0.05) is 24.3 Å². The number of methoxy groups -OCH3 is 2. The quantitative estimate of drug-likeness (QED) is 0.544. The summed E-state index contributed by atoms with van der Waals surface area (Å²) in [5, 5.41) is 5.17. The Kier molecular flexibility index (Phi) is 4.58. The number of anilines is 1. The van der Waals surface area contributed by atoms with Gasteiger partial charge in [0.1, 0.15) is 11.5 Å². The van der Waals surface area contributed by atoms with Gasteiger partial charge in [-0.25, -0.2) is 9.67 Å². The van der Waals surface area contributed by atoms with Crippen molar-refractivity contribution in [3.05, 3.63) is 71.5 Å². The number of ether oxygens (including phenoxy) is 2. The van der Waals surface area contributed by atoms with E-state index in [-0.39, 0.29) is 11.7 Å². The Morgan fingerprint density at radius 3 is 2.61 bits per heavy atom. The summed E-state index contributed by atoms with van der Waals surface area (Å²) in [5.74, 6) is 1.34. The fourth-order valence-electron chi connectivity index (χ4n) is 4.34. The van der Waals surface area contributed by atoms with Gasteiger partial charge in [-0.2, -0.15) is 5.10 Å². The Balaban J connectivity index is 1.62. The minimum Gasteiger partial charge on any atom is -0.497 e. The Bertz CT molecular complexity index is 1300. The average molecular weight is 414 g/mol. The molecular weight excluding hydrogens is 392 g/mol. The van der Waals surface area contributed by atoms with Gasteiger partial charge in [-0.05, 0) is 30.2 Å². The number of nitrogen functional groups attached to an aromatic ring is 1. The summed E-state index contributed by atoms with van der Waals surface area (Å²) in [6.45, 7) is 0. The number of rotatable bonds is 4. The van der Waals surface area contributed by atoms with Crippen LogP contribution in [-0.2, 0) is 6.42 Å². The van der Waals surface area contributed by atoms with E-state index in [0.29, 0.717) is 52.3 Å². The van der Waals surface area contributed by atoms with Gasteiger partial charge in [0, 0.05) is 18.4 Å². The van der Waals surface area contributed by atoms with Crippen LogP contribution in [0.3, 0.4) is 0 Å². The zero-order valence-corrected chi connectivity index (χ0v) is 17.3. The molecule has 0 amide bonds. The van der Waals surface area contributed by atoms with Gasteiger partial charge in [0.05, 0.1) is 48.4 Å². The van der Waals surface area contributed by atoms with Crippen LogP contribution in [0.25, 0.3) is 16.7 Å². The molecule has 0 saturated carbocycles. The molecule has 0 aliphatic heterocycles. The number of fused-ring (bicyclic) bond motifs is 2. The maximum absolute atomic E-state index is 13.1. The molecule has 7 heteroatoms. The minimum absolute atomic E-state index is 0.0107. The summed E-state index contributed by atoms with van der Waals surface area (Å²) in [5.41, 5.74) is 10.6. The monoisotopic (exact) mass is 414 g/mol. The Morgan fingerprint density at radius 2 is 1.87 bits per heavy atom. The topological polar surface area (TPSA) is 92.3 Å². The third kappa shape index (κ3) is 3.09. The molecule has 2 aromatic carbocycles. The van der Waals surface area contributed by atoms with E-state index in [0.717, 1.165) is 11.3 Å². The highest BCUT2D eigenvalue weighted by molar-refractivity contribution is 6.09. The highest BCUT2D eigenvalue weighted by atomic mass is 16.5. The standard InChI is InChI=1S/C24H22N4O3/c1-30-16-8-9-17(21(12-16)31-2)14-10-19-22(20(29)11-14)23(25)18-13-26-28(24(18)27-19)15-6-4-3-5-7-15/h3-9,12-14H,10-11H2,1-2H3,(H2,25,27). The van der Waals surface area contributed by atoms with Crippen molar-refractivity contribution in [2.45, 2.75) is 18.8 Å². The van der Waals surface area contributed by atoms with Crippen molar-refractivity contribution in [1.82, 2.24) is 14.8 Å². The van der Waals surface area contributed by atoms with Crippen LogP contribution >= 0.6 is 0 Å². The van der Waals surface area contributed by atoms with Gasteiger partial charge in [-0.15, -0.1) is 0 Å². The van der Waals surface area contributed by atoms with Crippen molar-refractivity contribution in [2.75, 3.05) is 20.0 Å². The lowest BCUT2D eigenvalue weighted by Crippen LogP contribution is -2.22. The number of pyridine rings is 1. The molecule has 0 radical (unpaired) electrons. The van der Waals surface area contributed by atoms with Crippen molar-refractivity contribution in [2.24, 2.45) is 0 Å². The molecule has 5 rings (SSSR count). The first-order chi connectivity index (χ1) is 15.1. The van der Waals surface area contributed by atoms with Crippen LogP contribution in [0.1, 0.15) is 34.0 Å². The van der Waals surface area contributed by atoms with E-state index in [4.69, 9.17) is 20.2 Å². The third-order valence-corrected chi connectivity index (χ3v) is 5.86. The van der Waals surface area contributed by atoms with E-state index >= 15 is 0 Å². The summed E-state index contributed by atoms with van der Waals surface area (Å²) in [4.78, 5) is 18.0. The molecular formula is C24H22N4O3. The van der Waals surface area contributed by atoms with Crippen molar-refractivity contribution >= 4 is 22.5 Å². The zero-order chi connectivity index (χ0) is 21.5. The number of carbonyl (C=O) groups is 1. The molecule has 1 aliphatic rings. The van der Waals surface area contributed by atoms with Crippen molar-refractivity contribution < 1.29 is 14.3 Å². The highest BCUT2D eigenvalue weighted by Gasteiger charge is 2.32. The van der Waals surface area contributed by atoms with E-state index in [1.54, 1.807) is 25.1 Å². The van der Waals surface area contributed by atoms with Crippen molar-refractivity contribution in [3.63, 3.8) is 0 Å². The molecule has 156 valence electrons. The molecule has 1 aliphatic carbocycles. The molecule has 1 unspecified atom stereocenters. The summed E-state index contributed by atoms with van der Waals surface area (Å²) in [7, 11) is 3.23. The lowest BCUT2D eigenvalue weighted by molar-refractivity contribution is 0.0964. The number of nitrogens with two attached hydrogens (primary N) is 1. The molecule has 2 N–H and O–H groups in total. The molecule has 0 spiro atoms. The van der Waals surface area contributed by atoms with Crippen LogP contribution in [0.4, 0.5) is 5.69 Å². The van der Waals surface area contributed by atoms with Crippen molar-refractivity contribution in [1.29, 1.82) is 0 Å². The Morgan fingerprint density at radius 1 is 1.06 bits per heavy atom. The molecule has 0 fully saturated rings. The van der Waals surface area contributed by atoms with Crippen LogP contribution < -0.4 is 15.2 Å². The zero-order valence-electron chi connectivity index (χ0n) is 17.3. The summed E-state index contributed by atoms with van der Waals surface area (Å²) in [6.07, 6.45) is 2.61. The van der Waals surface area contributed by atoms with Crippen LogP contribution in [0.15, 0.2) is 54.7 Å². The molecule has 0 saturated heterocycles. The second-order valence-corrected chi connectivity index (χ2v) is 7.61. The van der Waals surface area contributed by atoms with Gasteiger partial charge in [-0.3, -0.25) is 4.79 Å². The van der Waals surface area contributed by atoms with Gasteiger partial charge in [0.2, 0.25) is 0 Å². The fraction of sp³-hybridized carbons (Fsp3) is 0.208. The lowest BCUT2D eigenvalue weighted by Gasteiger charge is -2.26. The maximum Gasteiger partial charge on any atom is 0.167 e. The van der Waals surface area contributed by atoms with Gasteiger partial charge in [0.25, 0.3) is 0 Å². The van der Waals surface area contributed by atoms with E-state index in [2.05, 4.69) is 5.10 Å². The molecule has 31 heavy (non-hydrogen) atoms. The number of ketones is 1. The van der Waals surface area contributed by atoms with Gasteiger partial charge < -0.3 is 15.2 Å². The maximum atomic E-state index is 13.1. The predicted molar refractivity (Wildman–Crippen MR) is 118 cm³/mol. The SMILES string of the molecule is COc1ccc(C2CC(=O)c3c(nc4c(cnn4-c4ccccc4)c3N)C2)c(OC)c1. The Labute approximate surface area is 179 Å². The number of nitrogens with zero attached hydrogens (tertiary/aromatic N) is 3. The first-order valence-electron chi connectivity index (χ1n) is 10.1. The number of Topliss-reactive ketones (excluding diaryl/α,β-unsaturated/α-hetero) is 1. The molecule has 7 nitrogen and oxygen atoms in total. The van der Waals surface area contributed by atoms with E-state index in [1.165, 1.54) is 0 Å². The van der Waals surface area contributed by atoms with Gasteiger partial charge in [0.15, 0.2) is 11.4 Å². The summed E-state index contributed by atoms with van der Waals surface area (Å²) in [6, 6.07) is 15.4. The lowest BCUT2D eigenvalue weighted by atomic mass is 9.80. The van der Waals surface area contributed by atoms with E-state index in [1.807, 2.05) is 48.5 Å². The molecule has 2 heterocycles. The number of benzene rings is 2. The number of para-hydroxylation sites is 1. The van der Waals surface area contributed by atoms with Crippen LogP contribution in [0.5, 0.6) is 11.5 Å². The molecule has 1 atom stereocenters. The Hall–Kier alpha value is -3.87. The smallest absolute Gasteiger partial charge is 0.167 e. The van der Waals surface area contributed by atoms with Gasteiger partial charge >= 0.3 is 0 Å². The number of hydrogen-bond donors (Lipinski definition) is 1. The van der Waals surface area contributed by atoms with Crippen LogP contribution in [-0.4, -0.2) is 34.8 Å². The normalized spacial score (nSPS) is 15.7. The second-order valence-electron chi connectivity index (χ2n) is 7.61. The van der Waals surface area contributed by atoms with E-state index in [9.17, 15) is 4.79 Å². The average Bonchev–Trinajstić information content (AvgIpc) is 3.23. The second kappa shape index (κ2) is 7.43. The molecule has 0 bridgehead atoms. The highest BCUT2D eigenvalue weighted by Crippen LogP contribution is 2.41. The first-order valence-corrected chi connectivity index (χ1v) is 10.1. The third-order valence-electron chi connectivity index (χ3n) is 5.86.